The molecule has 0 aliphatic rings. The first kappa shape index (κ1) is 14.3. The largest absolute Gasteiger partial charge is 0.370 e. The van der Waals surface area contributed by atoms with Gasteiger partial charge < -0.3 is 16.4 Å². The molecule has 0 aromatic rings. The lowest BCUT2D eigenvalue weighted by atomic mass is 10.4. The van der Waals surface area contributed by atoms with E-state index in [1.165, 1.54) is 0 Å². The van der Waals surface area contributed by atoms with E-state index >= 15 is 0 Å². The van der Waals surface area contributed by atoms with Crippen LogP contribution in [0, 0.1) is 5.41 Å². The monoisotopic (exact) mass is 276 g/mol. The van der Waals surface area contributed by atoms with Gasteiger partial charge in [0, 0.05) is 13.1 Å². The Bertz CT molecular complexity index is 173. The minimum Gasteiger partial charge on any atom is -0.370 e. The van der Waals surface area contributed by atoms with E-state index in [1.54, 1.807) is 0 Å². The minimum absolute atomic E-state index is 0.0134. The summed E-state index contributed by atoms with van der Waals surface area (Å²) in [6.07, 6.45) is 0.864. The van der Waals surface area contributed by atoms with Gasteiger partial charge in [-0.15, -0.1) is 33.2 Å². The fourth-order valence-electron chi connectivity index (χ4n) is 0.824. The van der Waals surface area contributed by atoms with Gasteiger partial charge in [-0.3, -0.25) is 5.41 Å². The average molecular weight is 278 g/mol. The van der Waals surface area contributed by atoms with Crippen LogP contribution in [-0.4, -0.2) is 31.6 Å². The smallest absolute Gasteiger partial charge is 0.341 e. The highest BCUT2D eigenvalue weighted by molar-refractivity contribution is 7.64. The minimum atomic E-state index is -2.44. The SMILES string of the molecule is N=C(N)NCCNCCC[Si](Cl)(Cl)Cl. The molecular weight excluding hydrogens is 263 g/mol. The van der Waals surface area contributed by atoms with Crippen molar-refractivity contribution in [3.63, 3.8) is 0 Å². The van der Waals surface area contributed by atoms with Crippen LogP contribution in [-0.2, 0) is 0 Å². The number of halogens is 3. The summed E-state index contributed by atoms with van der Waals surface area (Å²) in [6, 6.07) is -1.77. The molecule has 0 saturated carbocycles. The zero-order chi connectivity index (χ0) is 11.0. The molecule has 0 saturated heterocycles. The zero-order valence-corrected chi connectivity index (χ0v) is 11.0. The molecule has 0 aliphatic heterocycles. The quantitative estimate of drug-likeness (QED) is 0.185. The first-order chi connectivity index (χ1) is 6.42. The number of rotatable bonds is 7. The van der Waals surface area contributed by atoms with Crippen molar-refractivity contribution in [3.8, 4) is 0 Å². The van der Waals surface area contributed by atoms with Crippen LogP contribution in [0.5, 0.6) is 0 Å². The van der Waals surface area contributed by atoms with Gasteiger partial charge in [0.15, 0.2) is 5.96 Å². The van der Waals surface area contributed by atoms with E-state index < -0.39 is 6.00 Å². The van der Waals surface area contributed by atoms with E-state index in [4.69, 9.17) is 44.4 Å². The van der Waals surface area contributed by atoms with E-state index in [-0.39, 0.29) is 5.96 Å². The number of hydrogen-bond acceptors (Lipinski definition) is 2. The molecule has 8 heteroatoms. The van der Waals surface area contributed by atoms with E-state index in [0.29, 0.717) is 12.6 Å². The number of nitrogens with one attached hydrogen (secondary N) is 3. The third-order valence-electron chi connectivity index (χ3n) is 1.43. The van der Waals surface area contributed by atoms with Gasteiger partial charge in [0.1, 0.15) is 0 Å². The zero-order valence-electron chi connectivity index (χ0n) is 7.75. The molecule has 14 heavy (non-hydrogen) atoms. The molecule has 0 unspecified atom stereocenters. The molecule has 0 aliphatic carbocycles. The van der Waals surface area contributed by atoms with E-state index in [9.17, 15) is 0 Å². The van der Waals surface area contributed by atoms with Gasteiger partial charge in [-0.05, 0) is 19.0 Å². The Labute approximate surface area is 99.1 Å². The van der Waals surface area contributed by atoms with Crippen molar-refractivity contribution in [2.24, 2.45) is 5.73 Å². The van der Waals surface area contributed by atoms with Crippen molar-refractivity contribution in [2.45, 2.75) is 12.5 Å². The number of nitrogens with two attached hydrogens (primary N) is 1. The summed E-state index contributed by atoms with van der Waals surface area (Å²) in [6.45, 7) is 2.21. The highest BCUT2D eigenvalue weighted by atomic mass is 35.8. The summed E-state index contributed by atoms with van der Waals surface area (Å²) >= 11 is 17.1. The van der Waals surface area contributed by atoms with Crippen LogP contribution >= 0.6 is 33.2 Å². The Morgan fingerprint density at radius 2 is 1.86 bits per heavy atom. The van der Waals surface area contributed by atoms with Gasteiger partial charge >= 0.3 is 6.00 Å². The second kappa shape index (κ2) is 7.59. The number of guanidine groups is 1. The maximum Gasteiger partial charge on any atom is 0.341 e. The predicted molar refractivity (Wildman–Crippen MR) is 65.5 cm³/mol. The molecule has 0 aromatic heterocycles. The Morgan fingerprint density at radius 1 is 1.21 bits per heavy atom. The Kier molecular flexibility index (Phi) is 7.76. The lowest BCUT2D eigenvalue weighted by molar-refractivity contribution is 0.657. The second-order valence-electron chi connectivity index (χ2n) is 2.81. The van der Waals surface area contributed by atoms with Crippen molar-refractivity contribution in [1.82, 2.24) is 10.6 Å². The molecule has 0 bridgehead atoms. The van der Waals surface area contributed by atoms with Crippen molar-refractivity contribution in [3.05, 3.63) is 0 Å². The van der Waals surface area contributed by atoms with Crippen LogP contribution in [0.25, 0.3) is 0 Å². The van der Waals surface area contributed by atoms with Crippen LogP contribution in [0.2, 0.25) is 6.04 Å². The molecule has 0 radical (unpaired) electrons. The van der Waals surface area contributed by atoms with E-state index in [1.807, 2.05) is 0 Å². The molecule has 0 fully saturated rings. The predicted octanol–water partition coefficient (Wildman–Crippen LogP) is 1.10. The second-order valence-corrected chi connectivity index (χ2v) is 12.1. The van der Waals surface area contributed by atoms with Gasteiger partial charge in [0.2, 0.25) is 0 Å². The molecule has 4 nitrogen and oxygen atoms in total. The lowest BCUT2D eigenvalue weighted by Crippen LogP contribution is -2.36. The molecule has 0 rings (SSSR count). The topological polar surface area (TPSA) is 73.9 Å². The summed E-state index contributed by atoms with van der Waals surface area (Å²) < 4.78 is 0. The maximum atomic E-state index is 6.88. The summed E-state index contributed by atoms with van der Waals surface area (Å²) in [4.78, 5) is 0. The number of hydrogen-bond donors (Lipinski definition) is 4. The lowest BCUT2D eigenvalue weighted by Gasteiger charge is -2.08. The molecule has 84 valence electrons. The highest BCUT2D eigenvalue weighted by Gasteiger charge is 2.23. The van der Waals surface area contributed by atoms with Crippen molar-refractivity contribution >= 4 is 45.2 Å². The van der Waals surface area contributed by atoms with Crippen molar-refractivity contribution in [1.29, 1.82) is 5.41 Å². The fraction of sp³-hybridized carbons (Fsp3) is 0.833. The van der Waals surface area contributed by atoms with Gasteiger partial charge in [0.05, 0.1) is 0 Å². The Balaban J connectivity index is 3.11. The highest BCUT2D eigenvalue weighted by Crippen LogP contribution is 2.25. The average Bonchev–Trinajstić information content (AvgIpc) is 2.00. The summed E-state index contributed by atoms with van der Waals surface area (Å²) in [5.74, 6) is -0.0134. The van der Waals surface area contributed by atoms with Crippen LogP contribution in [0.4, 0.5) is 0 Å². The summed E-state index contributed by atoms with van der Waals surface area (Å²) in [5.41, 5.74) is 5.09. The summed E-state index contributed by atoms with van der Waals surface area (Å²) in [5, 5.41) is 12.7. The van der Waals surface area contributed by atoms with Crippen LogP contribution in [0.1, 0.15) is 6.42 Å². The Morgan fingerprint density at radius 3 is 2.36 bits per heavy atom. The molecule has 5 N–H and O–H groups in total. The molecule has 0 spiro atoms. The molecule has 0 atom stereocenters. The third kappa shape index (κ3) is 12.3. The normalized spacial score (nSPS) is 11.4. The Hall–Kier alpha value is 0.317. The molecular formula is C6H15Cl3N4Si. The third-order valence-corrected chi connectivity index (χ3v) is 4.05. The van der Waals surface area contributed by atoms with E-state index in [2.05, 4.69) is 10.6 Å². The molecule has 0 amide bonds. The molecule has 0 aromatic carbocycles. The van der Waals surface area contributed by atoms with Crippen molar-refractivity contribution in [2.75, 3.05) is 19.6 Å². The van der Waals surface area contributed by atoms with Crippen LogP contribution < -0.4 is 16.4 Å². The van der Waals surface area contributed by atoms with Crippen LogP contribution in [0.3, 0.4) is 0 Å². The van der Waals surface area contributed by atoms with Gasteiger partial charge in [-0.1, -0.05) is 0 Å². The van der Waals surface area contributed by atoms with E-state index in [0.717, 1.165) is 19.5 Å². The van der Waals surface area contributed by atoms with Gasteiger partial charge in [-0.25, -0.2) is 0 Å². The molecule has 0 heterocycles. The first-order valence-corrected chi connectivity index (χ1v) is 9.51. The van der Waals surface area contributed by atoms with Crippen molar-refractivity contribution < 1.29 is 0 Å². The summed E-state index contributed by atoms with van der Waals surface area (Å²) in [7, 11) is 0. The fourth-order valence-corrected chi connectivity index (χ4v) is 2.60. The van der Waals surface area contributed by atoms with Crippen LogP contribution in [0.15, 0.2) is 0 Å². The van der Waals surface area contributed by atoms with Gasteiger partial charge in [-0.2, -0.15) is 0 Å². The first-order valence-electron chi connectivity index (χ1n) is 4.27. The standard InChI is InChI=1S/C6H15Cl3N4Si/c7-14(8,9)5-1-2-12-3-4-13-6(10)11/h12H,1-5H2,(H4,10,11,13). The maximum absolute atomic E-state index is 6.88. The van der Waals surface area contributed by atoms with Gasteiger partial charge in [0.25, 0.3) is 0 Å².